The van der Waals surface area contributed by atoms with Crippen LogP contribution in [-0.4, -0.2) is 87.7 Å². The Labute approximate surface area is 240 Å². The molecule has 0 radical (unpaired) electrons. The summed E-state index contributed by atoms with van der Waals surface area (Å²) >= 11 is 0. The fraction of sp³-hybridized carbons (Fsp3) is 0.308. The van der Waals surface area contributed by atoms with Gasteiger partial charge in [0.2, 0.25) is 6.41 Å². The zero-order chi connectivity index (χ0) is 30.7. The van der Waals surface area contributed by atoms with E-state index >= 15 is 0 Å². The van der Waals surface area contributed by atoms with Crippen LogP contribution in [0.2, 0.25) is 0 Å². The summed E-state index contributed by atoms with van der Waals surface area (Å²) in [6.45, 7) is 0.323. The molecular formula is C26H30N5O10P. The second-order valence-electron chi connectivity index (χ2n) is 8.96. The van der Waals surface area contributed by atoms with Crippen LogP contribution >= 0.6 is 7.82 Å². The molecule has 0 aliphatic carbocycles. The van der Waals surface area contributed by atoms with Crippen LogP contribution < -0.4 is 14.6 Å². The summed E-state index contributed by atoms with van der Waals surface area (Å²) in [6, 6.07) is 12.4. The van der Waals surface area contributed by atoms with Gasteiger partial charge >= 0.3 is 20.0 Å². The lowest BCUT2D eigenvalue weighted by Gasteiger charge is -2.22. The molecule has 224 valence electrons. The summed E-state index contributed by atoms with van der Waals surface area (Å²) in [7, 11) is -1.75. The molecule has 0 unspecified atom stereocenters. The second-order valence-corrected chi connectivity index (χ2v) is 10.1. The number of carbonyl (C=O) groups is 4. The predicted octanol–water partition coefficient (Wildman–Crippen LogP) is 2.51. The van der Waals surface area contributed by atoms with Gasteiger partial charge < -0.3 is 29.1 Å². The highest BCUT2D eigenvalue weighted by atomic mass is 31.2. The van der Waals surface area contributed by atoms with Crippen LogP contribution in [0.1, 0.15) is 28.9 Å². The lowest BCUT2D eigenvalue weighted by Crippen LogP contribution is -2.39. The number of aromatic nitrogens is 2. The molecule has 1 heterocycles. The van der Waals surface area contributed by atoms with Crippen LogP contribution in [0.25, 0.3) is 11.0 Å². The number of phosphoric ester groups is 1. The molecule has 0 saturated heterocycles. The number of ketones is 1. The molecule has 0 bridgehead atoms. The van der Waals surface area contributed by atoms with E-state index in [9.17, 15) is 23.7 Å². The average Bonchev–Trinajstić information content (AvgIpc) is 2.96. The largest absolute Gasteiger partial charge is 0.524 e. The Balaban J connectivity index is 1.55. The Morgan fingerprint density at radius 1 is 0.952 bits per heavy atom. The number of rotatable bonds is 14. The predicted molar refractivity (Wildman–Crippen MR) is 148 cm³/mol. The Bertz CT molecular complexity index is 1460. The highest BCUT2D eigenvalue weighted by Gasteiger charge is 2.22. The highest BCUT2D eigenvalue weighted by Crippen LogP contribution is 2.37. The molecule has 3 N–H and O–H groups in total. The first kappa shape index (κ1) is 31.9. The Kier molecular flexibility index (Phi) is 11.3. The molecule has 1 aromatic heterocycles. The third-order valence-electron chi connectivity index (χ3n) is 5.70. The number of likely N-dealkylation sites (N-methyl/N-ethyl adjacent to an activating group) is 2. The van der Waals surface area contributed by atoms with Crippen molar-refractivity contribution in [2.24, 2.45) is 0 Å². The van der Waals surface area contributed by atoms with Crippen molar-refractivity contribution in [2.75, 3.05) is 33.7 Å². The van der Waals surface area contributed by atoms with Gasteiger partial charge in [-0.2, -0.15) is 0 Å². The van der Waals surface area contributed by atoms with Gasteiger partial charge in [-0.05, 0) is 36.2 Å². The number of para-hydroxylation sites is 2. The van der Waals surface area contributed by atoms with E-state index in [1.807, 2.05) is 0 Å². The molecule has 16 heteroatoms. The minimum absolute atomic E-state index is 0.0384. The molecule has 0 fully saturated rings. The van der Waals surface area contributed by atoms with Gasteiger partial charge in [-0.25, -0.2) is 24.1 Å². The fourth-order valence-electron chi connectivity index (χ4n) is 3.45. The molecule has 0 spiro atoms. The fourth-order valence-corrected chi connectivity index (χ4v) is 3.84. The normalized spacial score (nSPS) is 11.0. The molecule has 3 aromatic rings. The lowest BCUT2D eigenvalue weighted by atomic mass is 10.1. The molecule has 42 heavy (non-hydrogen) atoms. The van der Waals surface area contributed by atoms with E-state index in [-0.39, 0.29) is 43.4 Å². The monoisotopic (exact) mass is 603 g/mol. The van der Waals surface area contributed by atoms with Gasteiger partial charge in [-0.3, -0.25) is 19.4 Å². The maximum atomic E-state index is 12.8. The van der Waals surface area contributed by atoms with Gasteiger partial charge in [-0.1, -0.05) is 24.3 Å². The number of ether oxygens (including phenoxy) is 2. The summed E-state index contributed by atoms with van der Waals surface area (Å²) in [5.74, 6) is -0.690. The summed E-state index contributed by atoms with van der Waals surface area (Å²) in [5, 5.41) is 2.48. The number of benzene rings is 2. The molecular weight excluding hydrogens is 573 g/mol. The summed E-state index contributed by atoms with van der Waals surface area (Å²) in [4.78, 5) is 77.2. The third kappa shape index (κ3) is 9.80. The average molecular weight is 604 g/mol. The molecule has 0 aliphatic rings. The van der Waals surface area contributed by atoms with Gasteiger partial charge in [0.15, 0.2) is 11.5 Å². The van der Waals surface area contributed by atoms with Gasteiger partial charge in [0.05, 0.1) is 11.0 Å². The quantitative estimate of drug-likeness (QED) is 0.105. The second kappa shape index (κ2) is 14.9. The molecule has 3 amide bonds. The maximum Gasteiger partial charge on any atom is 0.524 e. The van der Waals surface area contributed by atoms with E-state index in [0.29, 0.717) is 36.0 Å². The smallest absolute Gasteiger partial charge is 0.445 e. The van der Waals surface area contributed by atoms with E-state index in [2.05, 4.69) is 19.8 Å². The van der Waals surface area contributed by atoms with Crippen molar-refractivity contribution in [3.8, 4) is 11.6 Å². The van der Waals surface area contributed by atoms with E-state index < -0.39 is 25.8 Å². The first-order valence-electron chi connectivity index (χ1n) is 12.6. The summed E-state index contributed by atoms with van der Waals surface area (Å²) in [6.07, 6.45) is -0.556. The minimum atomic E-state index is -4.68. The molecule has 0 aliphatic heterocycles. The van der Waals surface area contributed by atoms with Crippen molar-refractivity contribution >= 4 is 43.2 Å². The number of amides is 3. The molecule has 0 atom stereocenters. The minimum Gasteiger partial charge on any atom is -0.445 e. The molecule has 15 nitrogen and oxygen atoms in total. The van der Waals surface area contributed by atoms with Crippen molar-refractivity contribution in [3.05, 3.63) is 59.8 Å². The van der Waals surface area contributed by atoms with Crippen molar-refractivity contribution < 1.29 is 47.5 Å². The van der Waals surface area contributed by atoms with Gasteiger partial charge in [0, 0.05) is 40.2 Å². The van der Waals surface area contributed by atoms with Crippen LogP contribution in [0.3, 0.4) is 0 Å². The van der Waals surface area contributed by atoms with Crippen molar-refractivity contribution in [3.63, 3.8) is 0 Å². The first-order chi connectivity index (χ1) is 20.0. The van der Waals surface area contributed by atoms with E-state index in [4.69, 9.17) is 19.3 Å². The molecule has 0 saturated carbocycles. The SMILES string of the molecule is CN(CCN(C)C(=O)Oc1nc2ccccc2nc1C(=O)CCCNC=O)C(=O)OCc1ccc(OP(=O)(O)O)cc1. The van der Waals surface area contributed by atoms with Gasteiger partial charge in [0.1, 0.15) is 12.4 Å². The zero-order valence-corrected chi connectivity index (χ0v) is 23.7. The standard InChI is InChI=1S/C26H30N5O10P/c1-30(25(34)39-16-18-9-11-19(12-10-18)41-42(36,37)38)14-15-31(2)26(35)40-24-23(22(33)8-5-13-27-17-32)28-20-6-3-4-7-21(20)29-24/h3-4,6-7,9-12,17H,5,8,13-16H2,1-2H3,(H,27,32)(H2,36,37,38). The van der Waals surface area contributed by atoms with Gasteiger partial charge in [0.25, 0.3) is 5.88 Å². The summed E-state index contributed by atoms with van der Waals surface area (Å²) in [5.41, 5.74) is 1.32. The summed E-state index contributed by atoms with van der Waals surface area (Å²) < 4.78 is 26.0. The third-order valence-corrected chi connectivity index (χ3v) is 6.15. The number of nitrogens with one attached hydrogen (secondary N) is 1. The van der Waals surface area contributed by atoms with Crippen LogP contribution in [0, 0.1) is 0 Å². The molecule has 3 rings (SSSR count). The number of phosphoric acid groups is 1. The number of nitrogens with zero attached hydrogens (tertiary/aromatic N) is 4. The van der Waals surface area contributed by atoms with E-state index in [1.54, 1.807) is 24.3 Å². The van der Waals surface area contributed by atoms with Crippen molar-refractivity contribution in [1.29, 1.82) is 0 Å². The Morgan fingerprint density at radius 3 is 2.19 bits per heavy atom. The number of Topliss-reactive ketones (excluding diaryl/α,β-unsaturated/α-hetero) is 1. The van der Waals surface area contributed by atoms with E-state index in [1.165, 1.54) is 48.2 Å². The Hall–Kier alpha value is -4.59. The number of hydrogen-bond acceptors (Lipinski definition) is 10. The highest BCUT2D eigenvalue weighted by molar-refractivity contribution is 7.46. The van der Waals surface area contributed by atoms with Gasteiger partial charge in [-0.15, -0.1) is 0 Å². The maximum absolute atomic E-state index is 12.8. The number of hydrogen-bond donors (Lipinski definition) is 3. The van der Waals surface area contributed by atoms with Crippen LogP contribution in [0.15, 0.2) is 48.5 Å². The van der Waals surface area contributed by atoms with Crippen LogP contribution in [0.4, 0.5) is 9.59 Å². The first-order valence-corrected chi connectivity index (χ1v) is 14.1. The van der Waals surface area contributed by atoms with Crippen molar-refractivity contribution in [2.45, 2.75) is 19.4 Å². The topological polar surface area (TPSA) is 198 Å². The number of carbonyl (C=O) groups excluding carboxylic acids is 4. The van der Waals surface area contributed by atoms with Crippen molar-refractivity contribution in [1.82, 2.24) is 25.1 Å². The lowest BCUT2D eigenvalue weighted by molar-refractivity contribution is -0.109. The van der Waals surface area contributed by atoms with E-state index in [0.717, 1.165) is 0 Å². The Morgan fingerprint density at radius 2 is 1.57 bits per heavy atom. The number of fused-ring (bicyclic) bond motifs is 1. The van der Waals surface area contributed by atoms with Crippen LogP contribution in [-0.2, 0) is 20.7 Å². The molecule has 2 aromatic carbocycles. The van der Waals surface area contributed by atoms with Crippen LogP contribution in [0.5, 0.6) is 11.6 Å². The zero-order valence-electron chi connectivity index (χ0n) is 22.8.